The van der Waals surface area contributed by atoms with Gasteiger partial charge in [0.05, 0.1) is 10.3 Å². The maximum Gasteiger partial charge on any atom is 0.278 e. The fourth-order valence-electron chi connectivity index (χ4n) is 2.12. The molecule has 1 N–H and O–H groups in total. The summed E-state index contributed by atoms with van der Waals surface area (Å²) in [7, 11) is -0.898. The van der Waals surface area contributed by atoms with Crippen LogP contribution in [0.5, 0.6) is 0 Å². The van der Waals surface area contributed by atoms with Crippen LogP contribution in [-0.2, 0) is 10.8 Å². The number of hydrogen-bond donors (Lipinski definition) is 1. The second kappa shape index (κ2) is 5.96. The average molecular weight is 293 g/mol. The van der Waals surface area contributed by atoms with E-state index in [-0.39, 0.29) is 11.7 Å². The van der Waals surface area contributed by atoms with Crippen molar-refractivity contribution >= 4 is 32.9 Å². The summed E-state index contributed by atoms with van der Waals surface area (Å²) in [6, 6.07) is 4.89. The Balaban J connectivity index is 2.43. The van der Waals surface area contributed by atoms with Crippen LogP contribution in [0.15, 0.2) is 30.6 Å². The van der Waals surface area contributed by atoms with Gasteiger partial charge in [-0.15, -0.1) is 0 Å². The largest absolute Gasteiger partial charge is 0.381 e. The van der Waals surface area contributed by atoms with Gasteiger partial charge in [-0.25, -0.2) is 0 Å². The van der Waals surface area contributed by atoms with Gasteiger partial charge in [-0.05, 0) is 19.1 Å². The smallest absolute Gasteiger partial charge is 0.278 e. The number of nitrogens with one attached hydrogen (secondary N) is 1. The number of non-ortho nitro benzene ring substituents is 1. The first-order chi connectivity index (χ1) is 9.49. The van der Waals surface area contributed by atoms with Crippen molar-refractivity contribution in [1.82, 2.24) is 4.98 Å². The van der Waals surface area contributed by atoms with Crippen molar-refractivity contribution in [3.8, 4) is 0 Å². The molecule has 1 aromatic carbocycles. The summed E-state index contributed by atoms with van der Waals surface area (Å²) in [5.74, 6) is 0.517. The van der Waals surface area contributed by atoms with E-state index in [1.54, 1.807) is 24.6 Å². The molecule has 0 saturated carbocycles. The number of aromatic nitrogens is 1. The molecule has 20 heavy (non-hydrogen) atoms. The Labute approximate surface area is 118 Å². The Hall–Kier alpha value is -2.02. The van der Waals surface area contributed by atoms with Crippen LogP contribution in [0.4, 0.5) is 11.4 Å². The van der Waals surface area contributed by atoms with Crippen LogP contribution >= 0.6 is 0 Å². The molecule has 2 unspecified atom stereocenters. The zero-order valence-corrected chi connectivity index (χ0v) is 12.0. The minimum absolute atomic E-state index is 0.0126. The Morgan fingerprint density at radius 1 is 1.40 bits per heavy atom. The number of hydrogen-bond acceptors (Lipinski definition) is 5. The zero-order chi connectivity index (χ0) is 14.7. The van der Waals surface area contributed by atoms with Gasteiger partial charge < -0.3 is 5.32 Å². The molecule has 0 amide bonds. The molecule has 106 valence electrons. The monoisotopic (exact) mass is 293 g/mol. The highest BCUT2D eigenvalue weighted by Crippen LogP contribution is 2.30. The predicted molar refractivity (Wildman–Crippen MR) is 80.4 cm³/mol. The molecule has 0 aliphatic heterocycles. The lowest BCUT2D eigenvalue weighted by Gasteiger charge is -2.15. The van der Waals surface area contributed by atoms with Crippen LogP contribution in [0.2, 0.25) is 0 Å². The highest BCUT2D eigenvalue weighted by atomic mass is 32.2. The van der Waals surface area contributed by atoms with E-state index in [4.69, 9.17) is 0 Å². The molecular weight excluding hydrogens is 278 g/mol. The van der Waals surface area contributed by atoms with E-state index in [0.29, 0.717) is 11.1 Å². The molecule has 0 aliphatic carbocycles. The number of rotatable bonds is 5. The zero-order valence-electron chi connectivity index (χ0n) is 11.2. The lowest BCUT2D eigenvalue weighted by Crippen LogP contribution is -2.22. The second-order valence-corrected chi connectivity index (χ2v) is 6.08. The van der Waals surface area contributed by atoms with Crippen LogP contribution in [0, 0.1) is 10.1 Å². The number of pyridine rings is 1. The SMILES string of the molecule is CC(CS(C)=O)Nc1ccc([N+](=O)[O-])c2cnccc12. The van der Waals surface area contributed by atoms with Crippen LogP contribution in [-0.4, -0.2) is 32.2 Å². The van der Waals surface area contributed by atoms with Gasteiger partial charge in [-0.3, -0.25) is 19.3 Å². The number of nitro groups is 1. The molecule has 6 nitrogen and oxygen atoms in total. The van der Waals surface area contributed by atoms with Gasteiger partial charge in [0.2, 0.25) is 0 Å². The van der Waals surface area contributed by atoms with Crippen LogP contribution in [0.25, 0.3) is 10.8 Å². The summed E-state index contributed by atoms with van der Waals surface area (Å²) in [5.41, 5.74) is 0.816. The summed E-state index contributed by atoms with van der Waals surface area (Å²) in [4.78, 5) is 14.5. The first kappa shape index (κ1) is 14.4. The molecular formula is C13H15N3O3S. The minimum atomic E-state index is -0.898. The third-order valence-electron chi connectivity index (χ3n) is 2.88. The Bertz CT molecular complexity index is 675. The van der Waals surface area contributed by atoms with Gasteiger partial charge in [-0.1, -0.05) is 0 Å². The fourth-order valence-corrected chi connectivity index (χ4v) is 2.91. The minimum Gasteiger partial charge on any atom is -0.381 e. The summed E-state index contributed by atoms with van der Waals surface area (Å²) >= 11 is 0. The third-order valence-corrected chi connectivity index (χ3v) is 3.85. The van der Waals surface area contributed by atoms with E-state index < -0.39 is 15.7 Å². The van der Waals surface area contributed by atoms with E-state index in [1.807, 2.05) is 6.92 Å². The van der Waals surface area contributed by atoms with Crippen molar-refractivity contribution in [1.29, 1.82) is 0 Å². The number of anilines is 1. The summed E-state index contributed by atoms with van der Waals surface area (Å²) < 4.78 is 11.2. The quantitative estimate of drug-likeness (QED) is 0.675. The van der Waals surface area contributed by atoms with Crippen molar-refractivity contribution in [2.45, 2.75) is 13.0 Å². The number of nitrogens with zero attached hydrogens (tertiary/aromatic N) is 2. The molecule has 7 heteroatoms. The second-order valence-electron chi connectivity index (χ2n) is 4.60. The van der Waals surface area contributed by atoms with Gasteiger partial charge in [0.15, 0.2) is 0 Å². The van der Waals surface area contributed by atoms with Gasteiger partial charge in [0.1, 0.15) is 0 Å². The van der Waals surface area contributed by atoms with E-state index in [9.17, 15) is 14.3 Å². The number of benzene rings is 1. The predicted octanol–water partition coefficient (Wildman–Crippen LogP) is 2.32. The molecule has 2 rings (SSSR count). The van der Waals surface area contributed by atoms with Crippen molar-refractivity contribution in [3.63, 3.8) is 0 Å². The highest BCUT2D eigenvalue weighted by Gasteiger charge is 2.15. The fraction of sp³-hybridized carbons (Fsp3) is 0.308. The summed E-state index contributed by atoms with van der Waals surface area (Å²) in [5, 5.41) is 15.5. The molecule has 0 saturated heterocycles. The Kier molecular flexibility index (Phi) is 4.29. The molecule has 0 fully saturated rings. The summed E-state index contributed by atoms with van der Waals surface area (Å²) in [6.07, 6.45) is 4.73. The van der Waals surface area contributed by atoms with Gasteiger partial charge in [-0.2, -0.15) is 0 Å². The first-order valence-corrected chi connectivity index (χ1v) is 7.79. The molecule has 2 aromatic rings. The lowest BCUT2D eigenvalue weighted by molar-refractivity contribution is -0.383. The molecule has 2 atom stereocenters. The number of nitro benzene ring substituents is 1. The van der Waals surface area contributed by atoms with E-state index in [0.717, 1.165) is 11.1 Å². The topological polar surface area (TPSA) is 85.1 Å². The first-order valence-electron chi connectivity index (χ1n) is 6.06. The van der Waals surface area contributed by atoms with Crippen molar-refractivity contribution < 1.29 is 9.13 Å². The molecule has 1 aromatic heterocycles. The van der Waals surface area contributed by atoms with E-state index >= 15 is 0 Å². The Morgan fingerprint density at radius 2 is 2.15 bits per heavy atom. The van der Waals surface area contributed by atoms with Gasteiger partial charge >= 0.3 is 0 Å². The van der Waals surface area contributed by atoms with Crippen molar-refractivity contribution in [3.05, 3.63) is 40.7 Å². The maximum absolute atomic E-state index is 11.2. The lowest BCUT2D eigenvalue weighted by atomic mass is 10.1. The molecule has 0 aliphatic rings. The average Bonchev–Trinajstić information content (AvgIpc) is 2.37. The van der Waals surface area contributed by atoms with Crippen molar-refractivity contribution in [2.24, 2.45) is 0 Å². The number of fused-ring (bicyclic) bond motifs is 1. The van der Waals surface area contributed by atoms with Crippen molar-refractivity contribution in [2.75, 3.05) is 17.3 Å². The Morgan fingerprint density at radius 3 is 2.80 bits per heavy atom. The van der Waals surface area contributed by atoms with E-state index in [1.165, 1.54) is 12.3 Å². The van der Waals surface area contributed by atoms with E-state index in [2.05, 4.69) is 10.3 Å². The van der Waals surface area contributed by atoms with Gasteiger partial charge in [0.25, 0.3) is 5.69 Å². The maximum atomic E-state index is 11.2. The summed E-state index contributed by atoms with van der Waals surface area (Å²) in [6.45, 7) is 1.93. The van der Waals surface area contributed by atoms with Crippen LogP contribution < -0.4 is 5.32 Å². The molecule has 0 bridgehead atoms. The normalized spacial score (nSPS) is 13.9. The van der Waals surface area contributed by atoms with Crippen LogP contribution in [0.3, 0.4) is 0 Å². The van der Waals surface area contributed by atoms with Gasteiger partial charge in [0, 0.05) is 58.4 Å². The standard InChI is InChI=1S/C13H15N3O3S/c1-9(8-20(2)19)15-12-3-4-13(16(17)18)11-7-14-6-5-10(11)12/h3-7,9,15H,8H2,1-2H3. The third kappa shape index (κ3) is 3.11. The molecule has 1 heterocycles. The molecule has 0 spiro atoms. The highest BCUT2D eigenvalue weighted by molar-refractivity contribution is 7.84. The molecule has 0 radical (unpaired) electrons. The van der Waals surface area contributed by atoms with Crippen LogP contribution in [0.1, 0.15) is 6.92 Å².